The summed E-state index contributed by atoms with van der Waals surface area (Å²) in [4.78, 5) is 27.5. The first kappa shape index (κ1) is 14.7. The van der Waals surface area contributed by atoms with Crippen molar-refractivity contribution in [2.24, 2.45) is 0 Å². The fourth-order valence-electron chi connectivity index (χ4n) is 2.09. The molecule has 0 aliphatic heterocycles. The molecule has 3 aromatic rings. The first-order valence-corrected chi connectivity index (χ1v) is 8.18. The Bertz CT molecular complexity index is 867. The van der Waals surface area contributed by atoms with E-state index in [4.69, 9.17) is 5.11 Å². The quantitative estimate of drug-likeness (QED) is 0.766. The monoisotopic (exact) mass is 332 g/mol. The number of carboxylic acid groups (broad SMARTS) is 1. The average molecular weight is 332 g/mol. The summed E-state index contributed by atoms with van der Waals surface area (Å²) in [6.07, 6.45) is 0.229. The average Bonchev–Trinajstić information content (AvgIpc) is 3.04. The standard InChI is InChI=1S/C15H12N2O3S2/c1-8-16-11(7-21-8)6-14(18)17-10-2-3-12-9(4-10)5-13(22-12)15(19)20/h2-5,7H,6H2,1H3,(H,17,18)(H,19,20). The molecule has 0 fully saturated rings. The Balaban J connectivity index is 1.75. The van der Waals surface area contributed by atoms with Crippen LogP contribution in [-0.4, -0.2) is 22.0 Å². The highest BCUT2D eigenvalue weighted by Crippen LogP contribution is 2.28. The topological polar surface area (TPSA) is 79.3 Å². The van der Waals surface area contributed by atoms with Gasteiger partial charge < -0.3 is 10.4 Å². The van der Waals surface area contributed by atoms with E-state index in [2.05, 4.69) is 10.3 Å². The normalized spacial score (nSPS) is 10.8. The minimum atomic E-state index is -0.939. The molecule has 3 rings (SSSR count). The lowest BCUT2D eigenvalue weighted by molar-refractivity contribution is -0.115. The van der Waals surface area contributed by atoms with Crippen LogP contribution in [0.3, 0.4) is 0 Å². The first-order valence-electron chi connectivity index (χ1n) is 6.49. The molecule has 0 aliphatic rings. The summed E-state index contributed by atoms with van der Waals surface area (Å²) in [6.45, 7) is 1.90. The number of anilines is 1. The van der Waals surface area contributed by atoms with E-state index in [1.807, 2.05) is 18.4 Å². The van der Waals surface area contributed by atoms with E-state index in [-0.39, 0.29) is 17.2 Å². The largest absolute Gasteiger partial charge is 0.477 e. The molecule has 1 aromatic carbocycles. The minimum absolute atomic E-state index is 0.140. The summed E-state index contributed by atoms with van der Waals surface area (Å²) in [6, 6.07) is 6.98. The van der Waals surface area contributed by atoms with Gasteiger partial charge in [-0.15, -0.1) is 22.7 Å². The van der Waals surface area contributed by atoms with E-state index < -0.39 is 5.97 Å². The van der Waals surface area contributed by atoms with Crippen LogP contribution in [0.5, 0.6) is 0 Å². The maximum absolute atomic E-state index is 12.0. The van der Waals surface area contributed by atoms with Gasteiger partial charge >= 0.3 is 5.97 Å². The van der Waals surface area contributed by atoms with E-state index in [1.165, 1.54) is 22.7 Å². The number of nitrogens with one attached hydrogen (secondary N) is 1. The van der Waals surface area contributed by atoms with Gasteiger partial charge in [-0.1, -0.05) is 0 Å². The molecule has 2 heterocycles. The summed E-state index contributed by atoms with van der Waals surface area (Å²) in [7, 11) is 0. The predicted octanol–water partition coefficient (Wildman–Crippen LogP) is 3.55. The molecule has 1 amide bonds. The summed E-state index contributed by atoms with van der Waals surface area (Å²) < 4.78 is 0.880. The molecule has 0 atom stereocenters. The van der Waals surface area contributed by atoms with Crippen molar-refractivity contribution in [2.45, 2.75) is 13.3 Å². The number of carboxylic acids is 1. The van der Waals surface area contributed by atoms with Gasteiger partial charge in [-0.05, 0) is 36.6 Å². The van der Waals surface area contributed by atoms with Crippen molar-refractivity contribution in [2.75, 3.05) is 5.32 Å². The molecule has 5 nitrogen and oxygen atoms in total. The van der Waals surface area contributed by atoms with Crippen molar-refractivity contribution in [1.82, 2.24) is 4.98 Å². The molecule has 0 aliphatic carbocycles. The van der Waals surface area contributed by atoms with Crippen LogP contribution in [0, 0.1) is 6.92 Å². The second-order valence-electron chi connectivity index (χ2n) is 4.75. The first-order chi connectivity index (χ1) is 10.5. The van der Waals surface area contributed by atoms with Gasteiger partial charge in [0, 0.05) is 15.8 Å². The lowest BCUT2D eigenvalue weighted by Crippen LogP contribution is -2.14. The van der Waals surface area contributed by atoms with Gasteiger partial charge in [-0.3, -0.25) is 4.79 Å². The molecule has 112 valence electrons. The fraction of sp³-hybridized carbons (Fsp3) is 0.133. The van der Waals surface area contributed by atoms with Crippen molar-refractivity contribution < 1.29 is 14.7 Å². The van der Waals surface area contributed by atoms with Crippen molar-refractivity contribution >= 4 is 50.3 Å². The van der Waals surface area contributed by atoms with Crippen molar-refractivity contribution in [3.8, 4) is 0 Å². The third-order valence-electron chi connectivity index (χ3n) is 3.02. The Morgan fingerprint density at radius 2 is 2.14 bits per heavy atom. The molecule has 0 saturated carbocycles. The molecule has 0 radical (unpaired) electrons. The second kappa shape index (κ2) is 5.86. The SMILES string of the molecule is Cc1nc(CC(=O)Nc2ccc3sc(C(=O)O)cc3c2)cs1. The van der Waals surface area contributed by atoms with E-state index in [1.54, 1.807) is 18.2 Å². The van der Waals surface area contributed by atoms with Crippen LogP contribution in [0.15, 0.2) is 29.6 Å². The Kier molecular flexibility index (Phi) is 3.91. The molecule has 2 N–H and O–H groups in total. The lowest BCUT2D eigenvalue weighted by Gasteiger charge is -2.04. The van der Waals surface area contributed by atoms with E-state index >= 15 is 0 Å². The predicted molar refractivity (Wildman–Crippen MR) is 88.0 cm³/mol. The number of benzene rings is 1. The number of nitrogens with zero attached hydrogens (tertiary/aromatic N) is 1. The van der Waals surface area contributed by atoms with Gasteiger partial charge in [0.1, 0.15) is 4.88 Å². The number of thiophene rings is 1. The van der Waals surface area contributed by atoms with Crippen molar-refractivity contribution in [3.05, 3.63) is 45.2 Å². The highest BCUT2D eigenvalue weighted by Gasteiger charge is 2.10. The van der Waals surface area contributed by atoms with Crippen LogP contribution in [0.1, 0.15) is 20.4 Å². The van der Waals surface area contributed by atoms with Gasteiger partial charge in [0.25, 0.3) is 0 Å². The van der Waals surface area contributed by atoms with Gasteiger partial charge in [0.05, 0.1) is 17.1 Å². The van der Waals surface area contributed by atoms with Crippen LogP contribution in [-0.2, 0) is 11.2 Å². The Morgan fingerprint density at radius 3 is 2.82 bits per heavy atom. The molecule has 22 heavy (non-hydrogen) atoms. The number of aromatic nitrogens is 1. The van der Waals surface area contributed by atoms with E-state index in [0.717, 1.165) is 20.8 Å². The number of carbonyl (C=O) groups excluding carboxylic acids is 1. The van der Waals surface area contributed by atoms with E-state index in [9.17, 15) is 9.59 Å². The van der Waals surface area contributed by atoms with Crippen molar-refractivity contribution in [1.29, 1.82) is 0 Å². The molecule has 0 saturated heterocycles. The Morgan fingerprint density at radius 1 is 1.32 bits per heavy atom. The zero-order valence-corrected chi connectivity index (χ0v) is 13.3. The number of rotatable bonds is 4. The van der Waals surface area contributed by atoms with Crippen LogP contribution < -0.4 is 5.32 Å². The summed E-state index contributed by atoms with van der Waals surface area (Å²) in [5, 5.41) is 15.4. The summed E-state index contributed by atoms with van der Waals surface area (Å²) in [5.74, 6) is -1.08. The molecule has 7 heteroatoms. The molecule has 0 unspecified atom stereocenters. The van der Waals surface area contributed by atoms with Crippen LogP contribution in [0.2, 0.25) is 0 Å². The van der Waals surface area contributed by atoms with Gasteiger partial charge in [-0.2, -0.15) is 0 Å². The smallest absolute Gasteiger partial charge is 0.345 e. The van der Waals surface area contributed by atoms with Gasteiger partial charge in [0.2, 0.25) is 5.91 Å². The van der Waals surface area contributed by atoms with Gasteiger partial charge in [0.15, 0.2) is 0 Å². The Hall–Kier alpha value is -2.25. The van der Waals surface area contributed by atoms with Crippen LogP contribution >= 0.6 is 22.7 Å². The third kappa shape index (κ3) is 3.15. The zero-order valence-electron chi connectivity index (χ0n) is 11.6. The molecule has 0 spiro atoms. The number of amides is 1. The number of aryl methyl sites for hydroxylation is 1. The molecular formula is C15H12N2O3S2. The zero-order chi connectivity index (χ0) is 15.7. The molecular weight excluding hydrogens is 320 g/mol. The highest BCUT2D eigenvalue weighted by atomic mass is 32.1. The summed E-state index contributed by atoms with van der Waals surface area (Å²) in [5.41, 5.74) is 1.41. The Labute approximate surface area is 134 Å². The third-order valence-corrected chi connectivity index (χ3v) is 4.95. The number of carbonyl (C=O) groups is 2. The van der Waals surface area contributed by atoms with Crippen LogP contribution in [0.25, 0.3) is 10.1 Å². The maximum Gasteiger partial charge on any atom is 0.345 e. The lowest BCUT2D eigenvalue weighted by atomic mass is 10.2. The minimum Gasteiger partial charge on any atom is -0.477 e. The molecule has 2 aromatic heterocycles. The summed E-state index contributed by atoms with van der Waals surface area (Å²) >= 11 is 2.73. The van der Waals surface area contributed by atoms with Gasteiger partial charge in [-0.25, -0.2) is 9.78 Å². The number of hydrogen-bond acceptors (Lipinski definition) is 5. The fourth-order valence-corrected chi connectivity index (χ4v) is 3.58. The highest BCUT2D eigenvalue weighted by molar-refractivity contribution is 7.20. The number of thiazole rings is 1. The van der Waals surface area contributed by atoms with Crippen molar-refractivity contribution in [3.63, 3.8) is 0 Å². The molecule has 0 bridgehead atoms. The number of aromatic carboxylic acids is 1. The second-order valence-corrected chi connectivity index (χ2v) is 6.90. The number of hydrogen-bond donors (Lipinski definition) is 2. The van der Waals surface area contributed by atoms with Crippen LogP contribution in [0.4, 0.5) is 5.69 Å². The number of fused-ring (bicyclic) bond motifs is 1. The maximum atomic E-state index is 12.0. The van der Waals surface area contributed by atoms with E-state index in [0.29, 0.717) is 5.69 Å².